The van der Waals surface area contributed by atoms with Crippen LogP contribution in [-0.4, -0.2) is 53.3 Å². The second-order valence-electron chi connectivity index (χ2n) is 8.10. The molecule has 3 rings (SSSR count). The minimum absolute atomic E-state index is 0.00202. The molecule has 2 atom stereocenters. The lowest BCUT2D eigenvalue weighted by molar-refractivity contribution is -0.137. The van der Waals surface area contributed by atoms with Gasteiger partial charge in [0.05, 0.1) is 35.6 Å². The molecule has 188 valence electrons. The number of piperidine rings is 1. The number of benzene rings is 1. The van der Waals surface area contributed by atoms with Gasteiger partial charge in [0, 0.05) is 30.4 Å². The predicted molar refractivity (Wildman–Crippen MR) is 124 cm³/mol. The van der Waals surface area contributed by atoms with Crippen LogP contribution in [0.4, 0.5) is 33.5 Å². The number of likely N-dealkylation sites (tertiary alicyclic amines) is 1. The van der Waals surface area contributed by atoms with Gasteiger partial charge in [-0.2, -0.15) is 18.3 Å². The minimum atomic E-state index is -4.54. The second-order valence-corrected chi connectivity index (χ2v) is 8.53. The molecule has 35 heavy (non-hydrogen) atoms. The van der Waals surface area contributed by atoms with Gasteiger partial charge in [-0.05, 0) is 36.2 Å². The SMILES string of the molecule is C[C@@H]1CC(F)(F)CN(C(=O)c2cc(Cl)ccc2N/N=C\C=N)C1CNc1ccc(C(F)(F)F)cn1. The highest BCUT2D eigenvalue weighted by atomic mass is 35.5. The van der Waals surface area contributed by atoms with E-state index in [2.05, 4.69) is 20.8 Å². The molecule has 2 aromatic rings. The molecule has 3 N–H and O–H groups in total. The van der Waals surface area contributed by atoms with E-state index in [0.717, 1.165) is 29.5 Å². The van der Waals surface area contributed by atoms with Gasteiger partial charge >= 0.3 is 6.18 Å². The third-order valence-electron chi connectivity index (χ3n) is 5.47. The Morgan fingerprint density at radius 3 is 2.71 bits per heavy atom. The summed E-state index contributed by atoms with van der Waals surface area (Å²) in [4.78, 5) is 18.2. The lowest BCUT2D eigenvalue weighted by Gasteiger charge is -2.43. The number of alkyl halides is 5. The van der Waals surface area contributed by atoms with Gasteiger partial charge in [0.15, 0.2) is 0 Å². The van der Waals surface area contributed by atoms with Crippen molar-refractivity contribution in [2.45, 2.75) is 31.5 Å². The Hall–Kier alpha value is -3.28. The molecule has 1 amide bonds. The minimum Gasteiger partial charge on any atom is -0.368 e. The van der Waals surface area contributed by atoms with E-state index in [1.165, 1.54) is 18.2 Å². The molecule has 0 spiro atoms. The van der Waals surface area contributed by atoms with Crippen molar-refractivity contribution in [2.24, 2.45) is 11.0 Å². The molecule has 0 bridgehead atoms. The zero-order chi connectivity index (χ0) is 25.8. The maximum absolute atomic E-state index is 14.5. The quantitative estimate of drug-likeness (QED) is 0.261. The average Bonchev–Trinajstić information content (AvgIpc) is 2.78. The molecule has 1 saturated heterocycles. The molecule has 1 unspecified atom stereocenters. The standard InChI is InChI=1S/C22H22ClF5N6O/c1-13-9-21(24,25)12-34(18(13)11-31-19-5-2-14(10-30-19)22(26,27)28)20(35)16-8-15(23)3-4-17(16)33-32-7-6-29/h2-8,10,13,18,29,33H,9,11-12H2,1H3,(H,30,31)/b29-6?,32-7-/t13-,18?/m1/s1. The number of anilines is 2. The number of hydrogen-bond donors (Lipinski definition) is 3. The van der Waals surface area contributed by atoms with Gasteiger partial charge in [0.1, 0.15) is 5.82 Å². The molecule has 1 aromatic carbocycles. The first kappa shape index (κ1) is 26.3. The third kappa shape index (κ3) is 6.65. The first-order chi connectivity index (χ1) is 16.4. The second kappa shape index (κ2) is 10.5. The zero-order valence-electron chi connectivity index (χ0n) is 18.4. The van der Waals surface area contributed by atoms with Crippen molar-refractivity contribution in [1.82, 2.24) is 9.88 Å². The Labute approximate surface area is 202 Å². The number of halogens is 6. The zero-order valence-corrected chi connectivity index (χ0v) is 19.2. The predicted octanol–water partition coefficient (Wildman–Crippen LogP) is 5.40. The summed E-state index contributed by atoms with van der Waals surface area (Å²) in [5, 5.41) is 13.8. The van der Waals surface area contributed by atoms with Crippen molar-refractivity contribution in [2.75, 3.05) is 23.8 Å². The first-order valence-corrected chi connectivity index (χ1v) is 10.8. The van der Waals surface area contributed by atoms with Crippen molar-refractivity contribution in [3.8, 4) is 0 Å². The van der Waals surface area contributed by atoms with E-state index in [0.29, 0.717) is 6.20 Å². The van der Waals surface area contributed by atoms with Gasteiger partial charge in [0.2, 0.25) is 0 Å². The van der Waals surface area contributed by atoms with Gasteiger partial charge in [0.25, 0.3) is 11.8 Å². The summed E-state index contributed by atoms with van der Waals surface area (Å²) in [7, 11) is 0. The van der Waals surface area contributed by atoms with E-state index < -0.39 is 48.5 Å². The van der Waals surface area contributed by atoms with Crippen molar-refractivity contribution in [1.29, 1.82) is 5.41 Å². The molecular weight excluding hydrogens is 495 g/mol. The fraction of sp³-hybridized carbons (Fsp3) is 0.364. The Balaban J connectivity index is 1.86. The largest absolute Gasteiger partial charge is 0.417 e. The number of hydrogen-bond acceptors (Lipinski definition) is 6. The van der Waals surface area contributed by atoms with E-state index in [4.69, 9.17) is 17.0 Å². The number of nitrogens with one attached hydrogen (secondary N) is 3. The van der Waals surface area contributed by atoms with Crippen LogP contribution < -0.4 is 10.7 Å². The summed E-state index contributed by atoms with van der Waals surface area (Å²) in [6.07, 6.45) is -2.29. The maximum atomic E-state index is 14.5. The molecule has 0 saturated carbocycles. The van der Waals surface area contributed by atoms with Crippen molar-refractivity contribution in [3.05, 3.63) is 52.7 Å². The molecule has 0 aliphatic carbocycles. The van der Waals surface area contributed by atoms with Gasteiger partial charge in [-0.15, -0.1) is 0 Å². The lowest BCUT2D eigenvalue weighted by Crippen LogP contribution is -2.57. The van der Waals surface area contributed by atoms with Crippen molar-refractivity contribution in [3.63, 3.8) is 0 Å². The van der Waals surface area contributed by atoms with E-state index in [1.807, 2.05) is 0 Å². The van der Waals surface area contributed by atoms with Crippen LogP contribution in [-0.2, 0) is 6.18 Å². The van der Waals surface area contributed by atoms with Gasteiger partial charge in [-0.3, -0.25) is 10.2 Å². The summed E-state index contributed by atoms with van der Waals surface area (Å²) < 4.78 is 67.3. The molecule has 0 radical (unpaired) electrons. The monoisotopic (exact) mass is 516 g/mol. The van der Waals surface area contributed by atoms with Crippen LogP contribution in [0.25, 0.3) is 0 Å². The van der Waals surface area contributed by atoms with Gasteiger partial charge < -0.3 is 15.6 Å². The fourth-order valence-electron chi connectivity index (χ4n) is 3.84. The molecule has 7 nitrogen and oxygen atoms in total. The Morgan fingerprint density at radius 1 is 1.34 bits per heavy atom. The number of rotatable bonds is 7. The number of pyridine rings is 1. The Morgan fingerprint density at radius 2 is 2.09 bits per heavy atom. The summed E-state index contributed by atoms with van der Waals surface area (Å²) in [5.41, 5.74) is 1.88. The van der Waals surface area contributed by atoms with Crippen LogP contribution in [0.3, 0.4) is 0 Å². The van der Waals surface area contributed by atoms with E-state index >= 15 is 0 Å². The number of carbonyl (C=O) groups is 1. The van der Waals surface area contributed by atoms with E-state index in [9.17, 15) is 26.7 Å². The molecule has 1 aromatic heterocycles. The normalized spacial score (nSPS) is 20.0. The molecular formula is C22H22ClF5N6O. The van der Waals surface area contributed by atoms with E-state index in [1.54, 1.807) is 6.92 Å². The maximum Gasteiger partial charge on any atom is 0.417 e. The van der Waals surface area contributed by atoms with Crippen molar-refractivity contribution < 1.29 is 26.7 Å². The molecule has 1 aliphatic rings. The number of nitrogens with zero attached hydrogens (tertiary/aromatic N) is 3. The molecule has 13 heteroatoms. The summed E-state index contributed by atoms with van der Waals surface area (Å²) in [6.45, 7) is 0.709. The van der Waals surface area contributed by atoms with Crippen LogP contribution in [0.2, 0.25) is 5.02 Å². The summed E-state index contributed by atoms with van der Waals surface area (Å²) in [5.74, 6) is -4.39. The van der Waals surface area contributed by atoms with Gasteiger partial charge in [-0.25, -0.2) is 13.8 Å². The molecule has 2 heterocycles. The Bertz CT molecular complexity index is 1090. The van der Waals surface area contributed by atoms with Crippen LogP contribution in [0.15, 0.2) is 41.6 Å². The summed E-state index contributed by atoms with van der Waals surface area (Å²) >= 11 is 6.05. The lowest BCUT2D eigenvalue weighted by atomic mass is 9.87. The first-order valence-electron chi connectivity index (χ1n) is 10.4. The number of hydrazone groups is 1. The Kier molecular flexibility index (Phi) is 7.93. The smallest absolute Gasteiger partial charge is 0.368 e. The highest BCUT2D eigenvalue weighted by Crippen LogP contribution is 2.36. The highest BCUT2D eigenvalue weighted by Gasteiger charge is 2.46. The van der Waals surface area contributed by atoms with Crippen LogP contribution in [0.5, 0.6) is 0 Å². The fourth-order valence-corrected chi connectivity index (χ4v) is 4.02. The van der Waals surface area contributed by atoms with Crippen LogP contribution in [0, 0.1) is 11.3 Å². The third-order valence-corrected chi connectivity index (χ3v) is 5.70. The molecule has 1 fully saturated rings. The number of aromatic nitrogens is 1. The summed E-state index contributed by atoms with van der Waals surface area (Å²) in [6, 6.07) is 5.55. The molecule has 1 aliphatic heterocycles. The van der Waals surface area contributed by atoms with Crippen LogP contribution >= 0.6 is 11.6 Å². The van der Waals surface area contributed by atoms with Gasteiger partial charge in [-0.1, -0.05) is 18.5 Å². The van der Waals surface area contributed by atoms with Crippen molar-refractivity contribution >= 4 is 41.4 Å². The number of amides is 1. The number of carbonyl (C=O) groups excluding carboxylic acids is 1. The van der Waals surface area contributed by atoms with Crippen LogP contribution in [0.1, 0.15) is 29.3 Å². The van der Waals surface area contributed by atoms with E-state index in [-0.39, 0.29) is 28.6 Å². The average molecular weight is 517 g/mol. The topological polar surface area (TPSA) is 93.5 Å². The highest BCUT2D eigenvalue weighted by molar-refractivity contribution is 6.31.